The Morgan fingerprint density at radius 3 is 2.28 bits per heavy atom. The number of rotatable bonds is 7. The van der Waals surface area contributed by atoms with Crippen molar-refractivity contribution < 1.29 is 28.2 Å². The molecule has 0 radical (unpaired) electrons. The van der Waals surface area contributed by atoms with Crippen LogP contribution < -0.4 is 10.2 Å². The lowest BCUT2D eigenvalue weighted by Gasteiger charge is -2.10. The van der Waals surface area contributed by atoms with Gasteiger partial charge in [0.25, 0.3) is 5.76 Å². The Morgan fingerprint density at radius 1 is 1.00 bits per heavy atom. The zero-order chi connectivity index (χ0) is 18.2. The Labute approximate surface area is 144 Å². The molecule has 0 bridgehead atoms. The van der Waals surface area contributed by atoms with Gasteiger partial charge in [-0.2, -0.15) is 0 Å². The van der Waals surface area contributed by atoms with Crippen LogP contribution in [0.2, 0.25) is 0 Å². The van der Waals surface area contributed by atoms with Gasteiger partial charge in [-0.05, 0) is 19.4 Å². The highest BCUT2D eigenvalue weighted by atomic mass is 16.6. The lowest BCUT2D eigenvalue weighted by molar-refractivity contribution is 0.0463. The van der Waals surface area contributed by atoms with Crippen molar-refractivity contribution in [2.45, 2.75) is 20.5 Å². The van der Waals surface area contributed by atoms with E-state index in [4.69, 9.17) is 18.6 Å². The lowest BCUT2D eigenvalue weighted by Crippen LogP contribution is -2.22. The normalized spacial score (nSPS) is 10.2. The highest BCUT2D eigenvalue weighted by Gasteiger charge is 2.26. The molecule has 0 fully saturated rings. The van der Waals surface area contributed by atoms with Crippen molar-refractivity contribution in [2.24, 2.45) is 0 Å². The Bertz CT molecular complexity index is 793. The van der Waals surface area contributed by atoms with Crippen LogP contribution in [-0.4, -0.2) is 25.2 Å². The molecule has 0 atom stereocenters. The third-order valence-electron chi connectivity index (χ3n) is 3.13. The van der Waals surface area contributed by atoms with Gasteiger partial charge in [-0.25, -0.2) is 9.59 Å². The van der Waals surface area contributed by atoms with E-state index in [2.05, 4.69) is 0 Å². The Balaban J connectivity index is 2.40. The zero-order valence-electron chi connectivity index (χ0n) is 13.9. The fraction of sp³-hybridized carbons (Fsp3) is 0.278. The standard InChI is InChI=1S/C18H18O7/c1-3-22-17(20)13-11-25-16(18(21)23-4-2)15(14(13)19)24-10-12-8-6-5-7-9-12/h5-9,11H,3-4,10H2,1-2H3. The van der Waals surface area contributed by atoms with E-state index in [1.54, 1.807) is 26.0 Å². The highest BCUT2D eigenvalue weighted by molar-refractivity contribution is 5.93. The molecule has 2 rings (SSSR count). The molecule has 7 heteroatoms. The molecule has 0 aliphatic carbocycles. The molecule has 2 aromatic rings. The Morgan fingerprint density at radius 2 is 1.64 bits per heavy atom. The number of carbonyl (C=O) groups is 2. The van der Waals surface area contributed by atoms with Crippen LogP contribution in [0.15, 0.2) is 45.8 Å². The number of esters is 2. The number of carbonyl (C=O) groups excluding carboxylic acids is 2. The second-order valence-electron chi connectivity index (χ2n) is 4.85. The van der Waals surface area contributed by atoms with Gasteiger partial charge < -0.3 is 18.6 Å². The smallest absolute Gasteiger partial charge is 0.378 e. The zero-order valence-corrected chi connectivity index (χ0v) is 13.9. The Hall–Kier alpha value is -3.09. The first-order chi connectivity index (χ1) is 12.1. The van der Waals surface area contributed by atoms with Crippen LogP contribution in [0.5, 0.6) is 5.75 Å². The van der Waals surface area contributed by atoms with Gasteiger partial charge >= 0.3 is 11.9 Å². The molecule has 0 aliphatic heterocycles. The minimum Gasteiger partial charge on any atom is -0.481 e. The summed E-state index contributed by atoms with van der Waals surface area (Å²) in [6, 6.07) is 9.04. The second-order valence-corrected chi connectivity index (χ2v) is 4.85. The Kier molecular flexibility index (Phi) is 6.33. The maximum absolute atomic E-state index is 12.5. The van der Waals surface area contributed by atoms with E-state index >= 15 is 0 Å². The summed E-state index contributed by atoms with van der Waals surface area (Å²) in [5.74, 6) is -2.47. The van der Waals surface area contributed by atoms with E-state index in [1.807, 2.05) is 18.2 Å². The first-order valence-electron chi connectivity index (χ1n) is 7.75. The summed E-state index contributed by atoms with van der Waals surface area (Å²) < 4.78 is 20.3. The molecular weight excluding hydrogens is 328 g/mol. The van der Waals surface area contributed by atoms with E-state index in [-0.39, 0.29) is 31.1 Å². The van der Waals surface area contributed by atoms with Crippen molar-refractivity contribution in [3.05, 3.63) is 63.7 Å². The predicted molar refractivity (Wildman–Crippen MR) is 87.7 cm³/mol. The first kappa shape index (κ1) is 18.3. The minimum atomic E-state index is -0.851. The van der Waals surface area contributed by atoms with Crippen molar-refractivity contribution >= 4 is 11.9 Å². The molecule has 0 N–H and O–H groups in total. The molecule has 1 aromatic carbocycles. The lowest BCUT2D eigenvalue weighted by atomic mass is 10.2. The molecule has 0 spiro atoms. The number of hydrogen-bond acceptors (Lipinski definition) is 7. The fourth-order valence-corrected chi connectivity index (χ4v) is 2.00. The summed E-state index contributed by atoms with van der Waals surface area (Å²) in [4.78, 5) is 36.4. The third kappa shape index (κ3) is 4.47. The van der Waals surface area contributed by atoms with Gasteiger partial charge in [0.15, 0.2) is 0 Å². The largest absolute Gasteiger partial charge is 0.481 e. The fourth-order valence-electron chi connectivity index (χ4n) is 2.00. The molecule has 7 nitrogen and oxygen atoms in total. The van der Waals surface area contributed by atoms with Crippen LogP contribution in [0.4, 0.5) is 0 Å². The van der Waals surface area contributed by atoms with Crippen molar-refractivity contribution in [3.8, 4) is 5.75 Å². The van der Waals surface area contributed by atoms with E-state index < -0.39 is 23.1 Å². The molecule has 0 aliphatic rings. The molecule has 0 amide bonds. The summed E-state index contributed by atoms with van der Waals surface area (Å²) in [5.41, 5.74) is -0.361. The maximum atomic E-state index is 12.5. The van der Waals surface area contributed by atoms with Crippen molar-refractivity contribution in [3.63, 3.8) is 0 Å². The molecular formula is C18H18O7. The maximum Gasteiger partial charge on any atom is 0.378 e. The van der Waals surface area contributed by atoms with Gasteiger partial charge in [0.2, 0.25) is 11.2 Å². The quantitative estimate of drug-likeness (QED) is 0.711. The summed E-state index contributed by atoms with van der Waals surface area (Å²) in [5, 5.41) is 0. The van der Waals surface area contributed by atoms with Gasteiger partial charge in [0, 0.05) is 0 Å². The predicted octanol–water partition coefficient (Wildman–Crippen LogP) is 2.57. The van der Waals surface area contributed by atoms with E-state index in [9.17, 15) is 14.4 Å². The SMILES string of the molecule is CCOC(=O)c1occ(C(=O)OCC)c(=O)c1OCc1ccccc1. The second kappa shape index (κ2) is 8.68. The topological polar surface area (TPSA) is 92.0 Å². The minimum absolute atomic E-state index is 0.0181. The van der Waals surface area contributed by atoms with Crippen LogP contribution in [0.1, 0.15) is 40.3 Å². The average Bonchev–Trinajstić information content (AvgIpc) is 2.61. The van der Waals surface area contributed by atoms with Gasteiger partial charge in [-0.1, -0.05) is 30.3 Å². The van der Waals surface area contributed by atoms with Crippen LogP contribution in [0.25, 0.3) is 0 Å². The van der Waals surface area contributed by atoms with Gasteiger partial charge in [0.1, 0.15) is 18.4 Å². The summed E-state index contributed by atoms with van der Waals surface area (Å²) in [6.45, 7) is 3.44. The van der Waals surface area contributed by atoms with Crippen molar-refractivity contribution in [1.82, 2.24) is 0 Å². The monoisotopic (exact) mass is 346 g/mol. The third-order valence-corrected chi connectivity index (χ3v) is 3.13. The van der Waals surface area contributed by atoms with Crippen LogP contribution in [0.3, 0.4) is 0 Å². The highest BCUT2D eigenvalue weighted by Crippen LogP contribution is 2.18. The van der Waals surface area contributed by atoms with Gasteiger partial charge in [-0.15, -0.1) is 0 Å². The van der Waals surface area contributed by atoms with E-state index in [0.29, 0.717) is 0 Å². The summed E-state index contributed by atoms with van der Waals surface area (Å²) in [6.07, 6.45) is 0.877. The molecule has 132 valence electrons. The van der Waals surface area contributed by atoms with Gasteiger partial charge in [0.05, 0.1) is 13.2 Å². The number of ether oxygens (including phenoxy) is 3. The molecule has 0 saturated carbocycles. The molecule has 1 heterocycles. The van der Waals surface area contributed by atoms with Crippen LogP contribution in [0, 0.1) is 0 Å². The summed E-state index contributed by atoms with van der Waals surface area (Å²) in [7, 11) is 0. The van der Waals surface area contributed by atoms with Gasteiger partial charge in [-0.3, -0.25) is 4.79 Å². The van der Waals surface area contributed by atoms with E-state index in [1.165, 1.54) is 0 Å². The van der Waals surface area contributed by atoms with E-state index in [0.717, 1.165) is 11.8 Å². The molecule has 0 saturated heterocycles. The van der Waals surface area contributed by atoms with Crippen LogP contribution in [-0.2, 0) is 16.1 Å². The van der Waals surface area contributed by atoms with Crippen LogP contribution >= 0.6 is 0 Å². The number of hydrogen-bond donors (Lipinski definition) is 0. The average molecular weight is 346 g/mol. The van der Waals surface area contributed by atoms with Crippen molar-refractivity contribution in [2.75, 3.05) is 13.2 Å². The summed E-state index contributed by atoms with van der Waals surface area (Å²) >= 11 is 0. The molecule has 1 aromatic heterocycles. The molecule has 25 heavy (non-hydrogen) atoms. The van der Waals surface area contributed by atoms with Crippen molar-refractivity contribution in [1.29, 1.82) is 0 Å². The first-order valence-corrected chi connectivity index (χ1v) is 7.75. The number of benzene rings is 1. The molecule has 0 unspecified atom stereocenters.